The number of hydrogen-bond donors (Lipinski definition) is 1. The second kappa shape index (κ2) is 9.12. The monoisotopic (exact) mass is 403 g/mol. The predicted molar refractivity (Wildman–Crippen MR) is 98.6 cm³/mol. The van der Waals surface area contributed by atoms with Crippen molar-refractivity contribution < 1.29 is 4.74 Å². The summed E-state index contributed by atoms with van der Waals surface area (Å²) >= 11 is 0. The molecule has 0 aliphatic carbocycles. The zero-order valence-electron chi connectivity index (χ0n) is 12.9. The van der Waals surface area contributed by atoms with Gasteiger partial charge in [0.05, 0.1) is 6.54 Å². The molecule has 2 rings (SSSR count). The van der Waals surface area contributed by atoms with Crippen molar-refractivity contribution >= 4 is 29.9 Å². The third-order valence-electron chi connectivity index (χ3n) is 3.52. The van der Waals surface area contributed by atoms with E-state index < -0.39 is 0 Å². The quantitative estimate of drug-likeness (QED) is 0.477. The minimum Gasteiger partial charge on any atom is -0.489 e. The molecule has 1 fully saturated rings. The molecule has 0 aromatic heterocycles. The van der Waals surface area contributed by atoms with E-state index in [1.807, 2.05) is 25.1 Å². The highest BCUT2D eigenvalue weighted by Crippen LogP contribution is 2.14. The molecule has 1 saturated heterocycles. The second-order valence-electron chi connectivity index (χ2n) is 5.49. The number of rotatable bonds is 4. The first-order valence-corrected chi connectivity index (χ1v) is 7.43. The summed E-state index contributed by atoms with van der Waals surface area (Å²) in [6.07, 6.45) is 3.76. The maximum atomic E-state index is 6.03. The number of ether oxygens (including phenoxy) is 1. The summed E-state index contributed by atoms with van der Waals surface area (Å²) < 4.78 is 5.85. The Morgan fingerprint density at radius 3 is 2.71 bits per heavy atom. The fraction of sp³-hybridized carbons (Fsp3) is 0.562. The van der Waals surface area contributed by atoms with Crippen molar-refractivity contribution in [3.8, 4) is 5.75 Å². The number of likely N-dealkylation sites (tertiary alicyclic amines) is 1. The van der Waals surface area contributed by atoms with Crippen molar-refractivity contribution in [1.29, 1.82) is 0 Å². The SMILES string of the molecule is Cc1cccc(OC(C)CN=C(N)N2CCCCC2)c1.I. The lowest BCUT2D eigenvalue weighted by Gasteiger charge is -2.27. The summed E-state index contributed by atoms with van der Waals surface area (Å²) in [5.41, 5.74) is 7.23. The molecule has 0 amide bonds. The fourth-order valence-electron chi connectivity index (χ4n) is 2.40. The van der Waals surface area contributed by atoms with Gasteiger partial charge in [0.15, 0.2) is 5.96 Å². The van der Waals surface area contributed by atoms with Crippen LogP contribution >= 0.6 is 24.0 Å². The molecule has 1 unspecified atom stereocenters. The Bertz CT molecular complexity index is 459. The topological polar surface area (TPSA) is 50.9 Å². The molecule has 2 N–H and O–H groups in total. The zero-order valence-corrected chi connectivity index (χ0v) is 15.2. The molecule has 0 saturated carbocycles. The highest BCUT2D eigenvalue weighted by atomic mass is 127. The molecule has 1 heterocycles. The maximum absolute atomic E-state index is 6.03. The van der Waals surface area contributed by atoms with E-state index in [-0.39, 0.29) is 30.1 Å². The first-order chi connectivity index (χ1) is 9.65. The molecule has 0 radical (unpaired) electrons. The molecule has 0 spiro atoms. The van der Waals surface area contributed by atoms with Gasteiger partial charge in [0.1, 0.15) is 11.9 Å². The van der Waals surface area contributed by atoms with E-state index in [4.69, 9.17) is 10.5 Å². The van der Waals surface area contributed by atoms with Crippen molar-refractivity contribution in [1.82, 2.24) is 4.90 Å². The van der Waals surface area contributed by atoms with Crippen LogP contribution in [0.5, 0.6) is 5.75 Å². The Morgan fingerprint density at radius 1 is 1.33 bits per heavy atom. The van der Waals surface area contributed by atoms with Gasteiger partial charge in [0.2, 0.25) is 0 Å². The highest BCUT2D eigenvalue weighted by Gasteiger charge is 2.12. The third-order valence-corrected chi connectivity index (χ3v) is 3.52. The largest absolute Gasteiger partial charge is 0.489 e. The van der Waals surface area contributed by atoms with Gasteiger partial charge in [-0.1, -0.05) is 12.1 Å². The van der Waals surface area contributed by atoms with E-state index in [1.165, 1.54) is 24.8 Å². The molecule has 1 aromatic carbocycles. The Kier molecular flexibility index (Phi) is 7.85. The van der Waals surface area contributed by atoms with Crippen LogP contribution in [0.4, 0.5) is 0 Å². The van der Waals surface area contributed by atoms with Crippen LogP contribution in [0.1, 0.15) is 31.7 Å². The summed E-state index contributed by atoms with van der Waals surface area (Å²) in [5.74, 6) is 1.55. The smallest absolute Gasteiger partial charge is 0.191 e. The van der Waals surface area contributed by atoms with Crippen molar-refractivity contribution in [3.63, 3.8) is 0 Å². The molecular formula is C16H26IN3O. The van der Waals surface area contributed by atoms with Crippen LogP contribution in [0, 0.1) is 6.92 Å². The summed E-state index contributed by atoms with van der Waals surface area (Å²) in [6.45, 7) is 6.74. The first-order valence-electron chi connectivity index (χ1n) is 7.43. The number of benzene rings is 1. The van der Waals surface area contributed by atoms with Crippen molar-refractivity contribution in [2.45, 2.75) is 39.2 Å². The Labute approximate surface area is 144 Å². The molecule has 0 bridgehead atoms. The number of nitrogens with zero attached hydrogens (tertiary/aromatic N) is 2. The van der Waals surface area contributed by atoms with Crippen molar-refractivity contribution in [2.75, 3.05) is 19.6 Å². The van der Waals surface area contributed by atoms with Crippen molar-refractivity contribution in [2.24, 2.45) is 10.7 Å². The number of nitrogens with two attached hydrogens (primary N) is 1. The molecule has 1 atom stereocenters. The van der Waals surface area contributed by atoms with Gasteiger partial charge in [-0.15, -0.1) is 24.0 Å². The van der Waals surface area contributed by atoms with Gasteiger partial charge in [-0.25, -0.2) is 4.99 Å². The van der Waals surface area contributed by atoms with Gasteiger partial charge in [-0.05, 0) is 50.8 Å². The molecule has 5 heteroatoms. The normalized spacial score (nSPS) is 17.0. The standard InChI is InChI=1S/C16H25N3O.HI/c1-13-7-6-8-15(11-13)20-14(2)12-18-16(17)19-9-4-3-5-10-19;/h6-8,11,14H,3-5,9-10,12H2,1-2H3,(H2,17,18);1H. The van der Waals surface area contributed by atoms with Gasteiger partial charge in [0, 0.05) is 13.1 Å². The van der Waals surface area contributed by atoms with E-state index in [9.17, 15) is 0 Å². The average molecular weight is 403 g/mol. The minimum atomic E-state index is 0. The zero-order chi connectivity index (χ0) is 14.4. The van der Waals surface area contributed by atoms with Gasteiger partial charge in [-0.2, -0.15) is 0 Å². The molecule has 1 aliphatic rings. The van der Waals surface area contributed by atoms with Crippen LogP contribution in [0.3, 0.4) is 0 Å². The summed E-state index contributed by atoms with van der Waals surface area (Å²) in [5, 5.41) is 0. The summed E-state index contributed by atoms with van der Waals surface area (Å²) in [6, 6.07) is 8.07. The number of aliphatic imine (C=N–C) groups is 1. The average Bonchev–Trinajstić information content (AvgIpc) is 2.46. The second-order valence-corrected chi connectivity index (χ2v) is 5.49. The molecule has 21 heavy (non-hydrogen) atoms. The Hall–Kier alpha value is -0.980. The highest BCUT2D eigenvalue weighted by molar-refractivity contribution is 14.0. The Balaban J connectivity index is 0.00000220. The van der Waals surface area contributed by atoms with E-state index >= 15 is 0 Å². The van der Waals surface area contributed by atoms with Gasteiger partial charge >= 0.3 is 0 Å². The van der Waals surface area contributed by atoms with Gasteiger partial charge in [-0.3, -0.25) is 0 Å². The van der Waals surface area contributed by atoms with E-state index in [1.54, 1.807) is 0 Å². The van der Waals surface area contributed by atoms with E-state index in [0.29, 0.717) is 12.5 Å². The molecule has 118 valence electrons. The third kappa shape index (κ3) is 6.11. The maximum Gasteiger partial charge on any atom is 0.191 e. The predicted octanol–water partition coefficient (Wildman–Crippen LogP) is 3.18. The molecule has 4 nitrogen and oxygen atoms in total. The van der Waals surface area contributed by atoms with Crippen LogP contribution in [0.2, 0.25) is 0 Å². The summed E-state index contributed by atoms with van der Waals surface area (Å²) in [4.78, 5) is 6.63. The van der Waals surface area contributed by atoms with Gasteiger partial charge < -0.3 is 15.4 Å². The summed E-state index contributed by atoms with van der Waals surface area (Å²) in [7, 11) is 0. The minimum absolute atomic E-state index is 0. The fourth-order valence-corrected chi connectivity index (χ4v) is 2.40. The van der Waals surface area contributed by atoms with Crippen LogP contribution in [-0.2, 0) is 0 Å². The molecule has 1 aromatic rings. The number of guanidine groups is 1. The van der Waals surface area contributed by atoms with E-state index in [0.717, 1.165) is 18.8 Å². The molecule has 1 aliphatic heterocycles. The van der Waals surface area contributed by atoms with Crippen LogP contribution in [0.15, 0.2) is 29.3 Å². The van der Waals surface area contributed by atoms with E-state index in [2.05, 4.69) is 22.9 Å². The number of halogens is 1. The van der Waals surface area contributed by atoms with Crippen LogP contribution in [-0.4, -0.2) is 36.6 Å². The van der Waals surface area contributed by atoms with Crippen LogP contribution in [0.25, 0.3) is 0 Å². The number of hydrogen-bond acceptors (Lipinski definition) is 2. The lowest BCUT2D eigenvalue weighted by atomic mass is 10.1. The number of aryl methyl sites for hydroxylation is 1. The van der Waals surface area contributed by atoms with Crippen molar-refractivity contribution in [3.05, 3.63) is 29.8 Å². The Morgan fingerprint density at radius 2 is 2.05 bits per heavy atom. The number of piperidine rings is 1. The van der Waals surface area contributed by atoms with Gasteiger partial charge in [0.25, 0.3) is 0 Å². The first kappa shape index (κ1) is 18.1. The molecular weight excluding hydrogens is 377 g/mol. The lowest BCUT2D eigenvalue weighted by Crippen LogP contribution is -2.41. The lowest BCUT2D eigenvalue weighted by molar-refractivity contribution is 0.229. The van der Waals surface area contributed by atoms with Crippen LogP contribution < -0.4 is 10.5 Å².